The Balaban J connectivity index is 1.49. The molecule has 0 aliphatic carbocycles. The number of fused-ring (bicyclic) bond motifs is 1. The quantitative estimate of drug-likeness (QED) is 0.675. The van der Waals surface area contributed by atoms with Crippen molar-refractivity contribution in [2.24, 2.45) is 0 Å². The van der Waals surface area contributed by atoms with E-state index in [-0.39, 0.29) is 0 Å². The van der Waals surface area contributed by atoms with Crippen molar-refractivity contribution in [2.75, 3.05) is 6.54 Å². The fraction of sp³-hybridized carbons (Fsp3) is 0.250. The molecule has 0 bridgehead atoms. The first-order valence-corrected chi connectivity index (χ1v) is 9.32. The lowest BCUT2D eigenvalue weighted by atomic mass is 10.1. The zero-order chi connectivity index (χ0) is 18.1. The third-order valence-corrected chi connectivity index (χ3v) is 4.83. The molecule has 3 aromatic rings. The Morgan fingerprint density at radius 3 is 2.73 bits per heavy atom. The van der Waals surface area contributed by atoms with E-state index in [0.717, 1.165) is 29.8 Å². The molecule has 0 fully saturated rings. The molecule has 134 valence electrons. The van der Waals surface area contributed by atoms with E-state index in [1.807, 2.05) is 0 Å². The lowest BCUT2D eigenvalue weighted by Gasteiger charge is -2.27. The molecule has 1 N–H and O–H groups in total. The predicted molar refractivity (Wildman–Crippen MR) is 89.4 cm³/mol. The van der Waals surface area contributed by atoms with E-state index in [2.05, 4.69) is 24.8 Å². The summed E-state index contributed by atoms with van der Waals surface area (Å²) in [6, 6.07) is 2.80. The lowest BCUT2D eigenvalue weighted by Crippen LogP contribution is -2.30. The molecule has 0 atom stereocenters. The molecular weight excluding hydrogens is 358 g/mol. The van der Waals surface area contributed by atoms with E-state index in [1.165, 1.54) is 12.4 Å². The van der Waals surface area contributed by atoms with Crippen LogP contribution >= 0.6 is 0 Å². The minimum Gasteiger partial charge on any atom is -0.446 e. The maximum Gasteiger partial charge on any atom is 0.328 e. The van der Waals surface area contributed by atoms with Gasteiger partial charge in [0.15, 0.2) is 5.82 Å². The fourth-order valence-corrected chi connectivity index (χ4v) is 3.32. The summed E-state index contributed by atoms with van der Waals surface area (Å²) < 4.78 is 36.3. The molecule has 10 heteroatoms. The van der Waals surface area contributed by atoms with E-state index in [0.29, 0.717) is 24.7 Å². The van der Waals surface area contributed by atoms with Crippen molar-refractivity contribution in [2.45, 2.75) is 24.6 Å². The van der Waals surface area contributed by atoms with Crippen molar-refractivity contribution in [1.29, 1.82) is 0 Å². The molecule has 26 heavy (non-hydrogen) atoms. The second kappa shape index (κ2) is 6.56. The molecule has 0 saturated heterocycles. The van der Waals surface area contributed by atoms with Crippen molar-refractivity contribution >= 4 is 10.1 Å². The Kier molecular flexibility index (Phi) is 4.23. The van der Waals surface area contributed by atoms with Crippen molar-refractivity contribution in [3.8, 4) is 11.4 Å². The first kappa shape index (κ1) is 16.8. The zero-order valence-electron chi connectivity index (χ0n) is 13.6. The molecule has 1 aliphatic rings. The van der Waals surface area contributed by atoms with Crippen LogP contribution in [0, 0.1) is 0 Å². The maximum absolute atomic E-state index is 11.1. The van der Waals surface area contributed by atoms with Gasteiger partial charge in [0.25, 0.3) is 0 Å². The lowest BCUT2D eigenvalue weighted by molar-refractivity contribution is 0.216. The largest absolute Gasteiger partial charge is 0.446 e. The van der Waals surface area contributed by atoms with Crippen LogP contribution in [0.25, 0.3) is 11.4 Å². The molecule has 0 aromatic carbocycles. The van der Waals surface area contributed by atoms with E-state index in [1.54, 1.807) is 24.7 Å². The third kappa shape index (κ3) is 3.47. The van der Waals surface area contributed by atoms with Gasteiger partial charge in [-0.1, -0.05) is 0 Å². The summed E-state index contributed by atoms with van der Waals surface area (Å²) in [5.41, 5.74) is 2.76. The molecule has 9 nitrogen and oxygen atoms in total. The molecule has 0 unspecified atom stereocenters. The molecule has 4 rings (SSSR count). The first-order chi connectivity index (χ1) is 12.5. The predicted octanol–water partition coefficient (Wildman–Crippen LogP) is 1.33. The Labute approximate surface area is 149 Å². The third-order valence-electron chi connectivity index (χ3n) is 4.10. The van der Waals surface area contributed by atoms with Gasteiger partial charge in [0.05, 0.1) is 17.8 Å². The highest BCUT2D eigenvalue weighted by molar-refractivity contribution is 7.85. The van der Waals surface area contributed by atoms with Crippen molar-refractivity contribution in [1.82, 2.24) is 24.8 Å². The van der Waals surface area contributed by atoms with Gasteiger partial charge in [-0.15, -0.1) is 0 Å². The molecular formula is C16H15N5O4S. The van der Waals surface area contributed by atoms with Crippen LogP contribution in [0.1, 0.15) is 17.0 Å². The standard InChI is InChI=1S/C16H15N5O4S/c22-26(23,24)15-2-1-13(25-15)9-21-4-3-14-12(8-21)7-19-16(20-14)11-5-17-10-18-6-11/h1-2,5-7,10H,3-4,8-9H2,(H,22,23,24). The van der Waals surface area contributed by atoms with Crippen LogP contribution in [0.5, 0.6) is 0 Å². The van der Waals surface area contributed by atoms with Crippen LogP contribution in [-0.4, -0.2) is 44.4 Å². The van der Waals surface area contributed by atoms with Gasteiger partial charge in [0.2, 0.25) is 5.09 Å². The highest BCUT2D eigenvalue weighted by Gasteiger charge is 2.21. The van der Waals surface area contributed by atoms with Gasteiger partial charge in [0.1, 0.15) is 12.1 Å². The summed E-state index contributed by atoms with van der Waals surface area (Å²) >= 11 is 0. The maximum atomic E-state index is 11.1. The van der Waals surface area contributed by atoms with Crippen LogP contribution in [0.2, 0.25) is 0 Å². The van der Waals surface area contributed by atoms with E-state index in [9.17, 15) is 8.42 Å². The summed E-state index contributed by atoms with van der Waals surface area (Å²) in [6.45, 7) is 1.81. The van der Waals surface area contributed by atoms with Gasteiger partial charge in [-0.2, -0.15) is 8.42 Å². The van der Waals surface area contributed by atoms with Crippen molar-refractivity contribution < 1.29 is 17.4 Å². The molecule has 1 aliphatic heterocycles. The minimum atomic E-state index is -4.32. The smallest absolute Gasteiger partial charge is 0.328 e. The van der Waals surface area contributed by atoms with E-state index >= 15 is 0 Å². The molecule has 0 saturated carbocycles. The van der Waals surface area contributed by atoms with Crippen molar-refractivity contribution in [3.05, 3.63) is 54.1 Å². The zero-order valence-corrected chi connectivity index (χ0v) is 14.4. The van der Waals surface area contributed by atoms with Crippen LogP contribution in [0.3, 0.4) is 0 Å². The van der Waals surface area contributed by atoms with Crippen LogP contribution in [0.4, 0.5) is 0 Å². The molecule has 0 spiro atoms. The van der Waals surface area contributed by atoms with Gasteiger partial charge >= 0.3 is 10.1 Å². The van der Waals surface area contributed by atoms with E-state index < -0.39 is 15.2 Å². The average molecular weight is 373 g/mol. The fourth-order valence-electron chi connectivity index (χ4n) is 2.87. The van der Waals surface area contributed by atoms with Gasteiger partial charge < -0.3 is 4.42 Å². The number of furan rings is 1. The summed E-state index contributed by atoms with van der Waals surface area (Å²) in [5.74, 6) is 1.07. The summed E-state index contributed by atoms with van der Waals surface area (Å²) in [6.07, 6.45) is 7.34. The van der Waals surface area contributed by atoms with Crippen LogP contribution < -0.4 is 0 Å². The Morgan fingerprint density at radius 2 is 2.00 bits per heavy atom. The highest BCUT2D eigenvalue weighted by Crippen LogP contribution is 2.22. The molecule has 0 amide bonds. The summed E-state index contributed by atoms with van der Waals surface area (Å²) in [7, 11) is -4.32. The van der Waals surface area contributed by atoms with Crippen molar-refractivity contribution in [3.63, 3.8) is 0 Å². The molecule has 4 heterocycles. The van der Waals surface area contributed by atoms with Gasteiger partial charge in [0, 0.05) is 43.7 Å². The highest BCUT2D eigenvalue weighted by atomic mass is 32.2. The van der Waals surface area contributed by atoms with E-state index in [4.69, 9.17) is 8.97 Å². The van der Waals surface area contributed by atoms with Gasteiger partial charge in [-0.3, -0.25) is 9.45 Å². The number of hydrogen-bond acceptors (Lipinski definition) is 8. The monoisotopic (exact) mass is 373 g/mol. The summed E-state index contributed by atoms with van der Waals surface area (Å²) in [4.78, 5) is 19.1. The Hall–Kier alpha value is -2.69. The minimum absolute atomic E-state index is 0.434. The number of rotatable bonds is 4. The van der Waals surface area contributed by atoms with Crippen LogP contribution in [-0.2, 0) is 29.6 Å². The Bertz CT molecular complexity index is 1040. The number of hydrogen-bond donors (Lipinski definition) is 1. The molecule has 3 aromatic heterocycles. The average Bonchev–Trinajstić information content (AvgIpc) is 3.11. The Morgan fingerprint density at radius 1 is 1.19 bits per heavy atom. The second-order valence-electron chi connectivity index (χ2n) is 5.95. The summed E-state index contributed by atoms with van der Waals surface area (Å²) in [5, 5.41) is -0.442. The van der Waals surface area contributed by atoms with Gasteiger partial charge in [-0.05, 0) is 12.1 Å². The first-order valence-electron chi connectivity index (χ1n) is 7.88. The normalized spacial score (nSPS) is 15.0. The molecule has 0 radical (unpaired) electrons. The van der Waals surface area contributed by atoms with Crippen LogP contribution in [0.15, 0.2) is 46.6 Å². The number of aromatic nitrogens is 4. The van der Waals surface area contributed by atoms with Gasteiger partial charge in [-0.25, -0.2) is 19.9 Å². The SMILES string of the molecule is O=S(=O)(O)c1ccc(CN2CCc3nc(-c4cncnc4)ncc3C2)o1. The topological polar surface area (TPSA) is 122 Å². The number of nitrogens with zero attached hydrogens (tertiary/aromatic N) is 5. The second-order valence-corrected chi connectivity index (χ2v) is 7.30.